The third-order valence-electron chi connectivity index (χ3n) is 13.7. The first-order valence-electron chi connectivity index (χ1n) is 21.6. The molecule has 1 aliphatic carbocycles. The Kier molecular flexibility index (Phi) is 18.7. The van der Waals surface area contributed by atoms with Crippen molar-refractivity contribution in [2.45, 2.75) is 178 Å². The van der Waals surface area contributed by atoms with Crippen molar-refractivity contribution in [3.63, 3.8) is 0 Å². The second-order valence-electron chi connectivity index (χ2n) is 18.5. The van der Waals surface area contributed by atoms with Crippen molar-refractivity contribution in [3.05, 3.63) is 70.8 Å². The maximum atomic E-state index is 5.43. The van der Waals surface area contributed by atoms with Crippen LogP contribution in [-0.2, 0) is 24.1 Å². The third-order valence-corrected chi connectivity index (χ3v) is 13.7. The summed E-state index contributed by atoms with van der Waals surface area (Å²) in [6, 6.07) is 21.0. The molecule has 6 aliphatic rings. The lowest BCUT2D eigenvalue weighted by Crippen LogP contribution is -2.59. The number of fused-ring (bicyclic) bond motifs is 2. The van der Waals surface area contributed by atoms with Crippen molar-refractivity contribution < 1.29 is 4.74 Å². The molecule has 54 heavy (non-hydrogen) atoms. The summed E-state index contributed by atoms with van der Waals surface area (Å²) in [6.07, 6.45) is 13.9. The number of likely N-dealkylation sites (tertiary alicyclic amines) is 2. The summed E-state index contributed by atoms with van der Waals surface area (Å²) < 4.78 is 5.43. The molecule has 5 aliphatic heterocycles. The number of hydrogen-bond acceptors (Lipinski definition) is 5. The molecule has 0 radical (unpaired) electrons. The Morgan fingerprint density at radius 3 is 1.65 bits per heavy atom. The standard InChI is InChI=1S/C13H19N.C12H17N.C11H21NO.C11H21N.2CH4/c1-10(2)14-9-8-12-6-4-5-7-13(12)11(14)3;1-10(2)13-8-7-11-5-3-4-6-12(11)9-13;1-10(2)12-6-3-11(9-12)4-7-13-8-5-11;1-10(2)12-8-11(9-12)6-4-3-5-7-11;;/h4-7,10-11H,8-9H2,1-3H3;3-6,10H,7-9H2,1-2H3;10H,3-9H2,1-2H3;10H,3-9H2,1-2H3;2*1H4. The maximum absolute atomic E-state index is 5.43. The highest BCUT2D eigenvalue weighted by atomic mass is 16.5. The normalized spacial score (nSPS) is 23.5. The summed E-state index contributed by atoms with van der Waals surface area (Å²) in [4.78, 5) is 10.3. The van der Waals surface area contributed by atoms with Crippen LogP contribution in [0, 0.1) is 10.8 Å². The van der Waals surface area contributed by atoms with Crippen LogP contribution in [0.5, 0.6) is 0 Å². The first kappa shape index (κ1) is 46.6. The summed E-state index contributed by atoms with van der Waals surface area (Å²) >= 11 is 0. The van der Waals surface area contributed by atoms with Gasteiger partial charge in [0.2, 0.25) is 0 Å². The van der Waals surface area contributed by atoms with Crippen LogP contribution in [0.3, 0.4) is 0 Å². The SMILES string of the molecule is C.C.CC(C)N1CC2(CCCCC2)C1.CC(C)N1CCC2(CCOCC2)C1.CC(C)N1CCc2ccccc2C1.CC(C)N1CCc2ccccc2C1C. The van der Waals surface area contributed by atoms with E-state index in [0.29, 0.717) is 23.5 Å². The van der Waals surface area contributed by atoms with Crippen LogP contribution in [0.4, 0.5) is 0 Å². The van der Waals surface area contributed by atoms with Gasteiger partial charge in [0.05, 0.1) is 0 Å². The van der Waals surface area contributed by atoms with Crippen molar-refractivity contribution in [1.29, 1.82) is 0 Å². The molecule has 5 heteroatoms. The molecular formula is C49H86N4O. The fourth-order valence-corrected chi connectivity index (χ4v) is 9.88. The molecule has 4 fully saturated rings. The van der Waals surface area contributed by atoms with E-state index in [-0.39, 0.29) is 14.9 Å². The molecule has 0 N–H and O–H groups in total. The monoisotopic (exact) mass is 747 g/mol. The summed E-state index contributed by atoms with van der Waals surface area (Å²) in [7, 11) is 0. The van der Waals surface area contributed by atoms with E-state index in [9.17, 15) is 0 Å². The second kappa shape index (κ2) is 21.7. The van der Waals surface area contributed by atoms with Gasteiger partial charge in [-0.05, 0) is 147 Å². The van der Waals surface area contributed by atoms with E-state index in [1.807, 2.05) is 0 Å². The van der Waals surface area contributed by atoms with Crippen molar-refractivity contribution in [2.75, 3.05) is 52.5 Å². The van der Waals surface area contributed by atoms with Gasteiger partial charge >= 0.3 is 0 Å². The molecule has 308 valence electrons. The van der Waals surface area contributed by atoms with Crippen LogP contribution in [0.15, 0.2) is 48.5 Å². The Morgan fingerprint density at radius 2 is 1.07 bits per heavy atom. The lowest BCUT2D eigenvalue weighted by Gasteiger charge is -2.54. The van der Waals surface area contributed by atoms with Crippen molar-refractivity contribution in [2.24, 2.45) is 10.8 Å². The molecule has 5 heterocycles. The number of hydrogen-bond donors (Lipinski definition) is 0. The van der Waals surface area contributed by atoms with E-state index in [1.165, 1.54) is 120 Å². The second-order valence-corrected chi connectivity index (χ2v) is 18.5. The topological polar surface area (TPSA) is 22.2 Å². The van der Waals surface area contributed by atoms with Gasteiger partial charge in [-0.25, -0.2) is 0 Å². The fraction of sp³-hybridized carbons (Fsp3) is 0.755. The Bertz CT molecular complexity index is 1330. The predicted molar refractivity (Wildman–Crippen MR) is 236 cm³/mol. The van der Waals surface area contributed by atoms with E-state index < -0.39 is 0 Å². The average molecular weight is 747 g/mol. The van der Waals surface area contributed by atoms with E-state index in [1.54, 1.807) is 5.56 Å². The van der Waals surface area contributed by atoms with Crippen LogP contribution < -0.4 is 0 Å². The van der Waals surface area contributed by atoms with Gasteiger partial charge in [-0.1, -0.05) is 82.6 Å². The molecule has 8 rings (SSSR count). The maximum Gasteiger partial charge on any atom is 0.0471 e. The Labute approximate surface area is 335 Å². The van der Waals surface area contributed by atoms with Crippen LogP contribution in [0.2, 0.25) is 0 Å². The first-order chi connectivity index (χ1) is 24.9. The van der Waals surface area contributed by atoms with Crippen molar-refractivity contribution in [1.82, 2.24) is 19.6 Å². The molecule has 0 bridgehead atoms. The lowest BCUT2D eigenvalue weighted by atomic mass is 9.68. The number of ether oxygens (including phenoxy) is 1. The predicted octanol–water partition coefficient (Wildman–Crippen LogP) is 11.3. The molecule has 0 amide bonds. The molecule has 0 aromatic heterocycles. The van der Waals surface area contributed by atoms with Gasteiger partial charge in [0.15, 0.2) is 0 Å². The summed E-state index contributed by atoms with van der Waals surface area (Å²) in [5.41, 5.74) is 7.52. The molecule has 3 saturated heterocycles. The molecule has 1 saturated carbocycles. The largest absolute Gasteiger partial charge is 0.381 e. The highest BCUT2D eigenvalue weighted by Crippen LogP contribution is 2.44. The third kappa shape index (κ3) is 12.4. The zero-order valence-corrected chi connectivity index (χ0v) is 35.1. The smallest absolute Gasteiger partial charge is 0.0471 e. The van der Waals surface area contributed by atoms with Gasteiger partial charge in [-0.2, -0.15) is 0 Å². The van der Waals surface area contributed by atoms with Gasteiger partial charge in [-0.15, -0.1) is 0 Å². The molecular weight excluding hydrogens is 661 g/mol. The van der Waals surface area contributed by atoms with Crippen molar-refractivity contribution >= 4 is 0 Å². The quantitative estimate of drug-likeness (QED) is 0.310. The molecule has 2 spiro atoms. The minimum Gasteiger partial charge on any atom is -0.381 e. The van der Waals surface area contributed by atoms with E-state index in [2.05, 4.69) is 130 Å². The molecule has 1 atom stereocenters. The molecule has 1 unspecified atom stereocenters. The van der Waals surface area contributed by atoms with Crippen LogP contribution in [-0.4, -0.2) is 96.2 Å². The molecule has 2 aromatic rings. The zero-order chi connectivity index (χ0) is 37.3. The van der Waals surface area contributed by atoms with Crippen molar-refractivity contribution in [3.8, 4) is 0 Å². The van der Waals surface area contributed by atoms with E-state index in [4.69, 9.17) is 4.74 Å². The van der Waals surface area contributed by atoms with Gasteiger partial charge in [0.1, 0.15) is 0 Å². The van der Waals surface area contributed by atoms with Gasteiger partial charge in [0, 0.05) is 82.7 Å². The number of rotatable bonds is 4. The minimum atomic E-state index is 0. The lowest BCUT2D eigenvalue weighted by molar-refractivity contribution is -0.0465. The summed E-state index contributed by atoms with van der Waals surface area (Å²) in [5.74, 6) is 0. The van der Waals surface area contributed by atoms with Gasteiger partial charge < -0.3 is 9.64 Å². The van der Waals surface area contributed by atoms with E-state index in [0.717, 1.165) is 37.3 Å². The zero-order valence-electron chi connectivity index (χ0n) is 35.1. The van der Waals surface area contributed by atoms with E-state index >= 15 is 0 Å². The Balaban J connectivity index is 0.000000191. The average Bonchev–Trinajstić information content (AvgIpc) is 3.55. The molecule has 5 nitrogen and oxygen atoms in total. The fourth-order valence-electron chi connectivity index (χ4n) is 9.88. The highest BCUT2D eigenvalue weighted by Gasteiger charge is 2.44. The first-order valence-corrected chi connectivity index (χ1v) is 21.6. The van der Waals surface area contributed by atoms with Crippen LogP contribution in [0.25, 0.3) is 0 Å². The van der Waals surface area contributed by atoms with Crippen LogP contribution in [0.1, 0.15) is 157 Å². The summed E-state index contributed by atoms with van der Waals surface area (Å²) in [6.45, 7) is 31.6. The highest BCUT2D eigenvalue weighted by molar-refractivity contribution is 5.32. The molecule has 2 aromatic carbocycles. The van der Waals surface area contributed by atoms with Gasteiger partial charge in [0.25, 0.3) is 0 Å². The number of nitrogens with zero attached hydrogens (tertiary/aromatic N) is 4. The van der Waals surface area contributed by atoms with Crippen LogP contribution >= 0.6 is 0 Å². The van der Waals surface area contributed by atoms with Gasteiger partial charge in [-0.3, -0.25) is 14.7 Å². The Morgan fingerprint density at radius 1 is 0.537 bits per heavy atom. The number of benzene rings is 2. The summed E-state index contributed by atoms with van der Waals surface area (Å²) in [5, 5.41) is 0. The Hall–Kier alpha value is -1.76. The minimum absolute atomic E-state index is 0.